The minimum atomic E-state index is -2.95. The van der Waals surface area contributed by atoms with Crippen molar-refractivity contribution < 1.29 is 18.3 Å². The number of ether oxygens (including phenoxy) is 1. The number of hydrogen-bond acceptors (Lipinski definition) is 3. The first-order chi connectivity index (χ1) is 9.47. The zero-order valence-electron chi connectivity index (χ0n) is 10.9. The van der Waals surface area contributed by atoms with E-state index in [1.54, 1.807) is 32.2 Å². The number of alkyl halides is 2. The molecule has 1 heterocycles. The molecule has 1 N–H and O–H groups in total. The van der Waals surface area contributed by atoms with Gasteiger partial charge in [-0.15, -0.1) is 0 Å². The molecule has 1 aromatic carbocycles. The summed E-state index contributed by atoms with van der Waals surface area (Å²) in [5, 5.41) is 6.58. The van der Waals surface area contributed by atoms with Crippen LogP contribution in [0.4, 0.5) is 14.5 Å². The molecule has 2 rings (SSSR count). The smallest absolute Gasteiger partial charge is 0.387 e. The predicted octanol–water partition coefficient (Wildman–Crippen LogP) is 2.58. The van der Waals surface area contributed by atoms with Crippen molar-refractivity contribution in [3.8, 4) is 5.75 Å². The molecule has 5 nitrogen and oxygen atoms in total. The van der Waals surface area contributed by atoms with Gasteiger partial charge in [-0.05, 0) is 25.1 Å². The number of halogens is 2. The van der Waals surface area contributed by atoms with E-state index in [0.717, 1.165) is 0 Å². The number of nitrogens with one attached hydrogen (secondary N) is 1. The Hall–Kier alpha value is -2.44. The van der Waals surface area contributed by atoms with E-state index in [0.29, 0.717) is 11.4 Å². The fraction of sp³-hybridized carbons (Fsp3) is 0.231. The summed E-state index contributed by atoms with van der Waals surface area (Å²) >= 11 is 0. The number of carbonyl (C=O) groups excluding carboxylic acids is 1. The number of benzene rings is 1. The lowest BCUT2D eigenvalue weighted by Crippen LogP contribution is -2.17. The predicted molar refractivity (Wildman–Crippen MR) is 69.0 cm³/mol. The third-order valence-corrected chi connectivity index (χ3v) is 2.59. The maximum atomic E-state index is 12.3. The van der Waals surface area contributed by atoms with E-state index in [-0.39, 0.29) is 11.4 Å². The van der Waals surface area contributed by atoms with Crippen LogP contribution < -0.4 is 10.1 Å². The Kier molecular flexibility index (Phi) is 3.97. The van der Waals surface area contributed by atoms with Gasteiger partial charge in [0, 0.05) is 7.05 Å². The van der Waals surface area contributed by atoms with Crippen molar-refractivity contribution >= 4 is 11.6 Å². The molecule has 1 aromatic heterocycles. The Morgan fingerprint density at radius 1 is 1.40 bits per heavy atom. The van der Waals surface area contributed by atoms with E-state index < -0.39 is 12.5 Å². The fourth-order valence-electron chi connectivity index (χ4n) is 1.78. The highest BCUT2D eigenvalue weighted by Crippen LogP contribution is 2.25. The van der Waals surface area contributed by atoms with Gasteiger partial charge in [0.15, 0.2) is 0 Å². The van der Waals surface area contributed by atoms with Gasteiger partial charge in [0.25, 0.3) is 5.91 Å². The lowest BCUT2D eigenvalue weighted by Gasteiger charge is -2.11. The molecular weight excluding hydrogens is 268 g/mol. The number of nitrogens with zero attached hydrogens (tertiary/aromatic N) is 2. The van der Waals surface area contributed by atoms with Gasteiger partial charge in [-0.2, -0.15) is 13.9 Å². The van der Waals surface area contributed by atoms with Crippen LogP contribution in [0.1, 0.15) is 16.2 Å². The first-order valence-electron chi connectivity index (χ1n) is 5.83. The van der Waals surface area contributed by atoms with Crippen molar-refractivity contribution in [2.45, 2.75) is 13.5 Å². The van der Waals surface area contributed by atoms with E-state index >= 15 is 0 Å². The molecule has 0 saturated heterocycles. The van der Waals surface area contributed by atoms with Crippen molar-refractivity contribution in [3.63, 3.8) is 0 Å². The van der Waals surface area contributed by atoms with Crippen molar-refractivity contribution in [1.82, 2.24) is 9.78 Å². The number of hydrogen-bond donors (Lipinski definition) is 1. The number of para-hydroxylation sites is 2. The quantitative estimate of drug-likeness (QED) is 0.937. The molecule has 0 aliphatic rings. The molecule has 2 aromatic rings. The molecule has 20 heavy (non-hydrogen) atoms. The highest BCUT2D eigenvalue weighted by atomic mass is 19.3. The van der Waals surface area contributed by atoms with E-state index in [4.69, 9.17) is 0 Å². The summed E-state index contributed by atoms with van der Waals surface area (Å²) < 4.78 is 30.3. The normalized spacial score (nSPS) is 10.7. The van der Waals surface area contributed by atoms with Crippen LogP contribution in [0.2, 0.25) is 0 Å². The van der Waals surface area contributed by atoms with E-state index in [1.807, 2.05) is 0 Å². The summed E-state index contributed by atoms with van der Waals surface area (Å²) in [5.74, 6) is -0.534. The van der Waals surface area contributed by atoms with Crippen LogP contribution in [-0.2, 0) is 7.05 Å². The zero-order valence-corrected chi connectivity index (χ0v) is 10.9. The topological polar surface area (TPSA) is 56.1 Å². The largest absolute Gasteiger partial charge is 0.433 e. The molecule has 0 bridgehead atoms. The summed E-state index contributed by atoms with van der Waals surface area (Å²) in [7, 11) is 1.63. The average Bonchev–Trinajstić information content (AvgIpc) is 2.70. The Bertz CT molecular complexity index is 626. The van der Waals surface area contributed by atoms with Gasteiger partial charge in [-0.3, -0.25) is 9.48 Å². The van der Waals surface area contributed by atoms with Crippen molar-refractivity contribution in [2.75, 3.05) is 5.32 Å². The molecule has 106 valence electrons. The molecule has 0 saturated carbocycles. The highest BCUT2D eigenvalue weighted by Gasteiger charge is 2.15. The number of carbonyl (C=O) groups is 1. The first kappa shape index (κ1) is 14.0. The third-order valence-electron chi connectivity index (χ3n) is 2.59. The molecule has 0 spiro atoms. The van der Waals surface area contributed by atoms with Gasteiger partial charge in [-0.1, -0.05) is 12.1 Å². The number of amides is 1. The minimum absolute atomic E-state index is 0.0882. The Balaban J connectivity index is 2.22. The van der Waals surface area contributed by atoms with Gasteiger partial charge in [0.1, 0.15) is 11.4 Å². The molecule has 0 atom stereocenters. The second-order valence-corrected chi connectivity index (χ2v) is 4.12. The van der Waals surface area contributed by atoms with Crippen LogP contribution in [0.3, 0.4) is 0 Å². The van der Waals surface area contributed by atoms with Crippen LogP contribution in [0.25, 0.3) is 0 Å². The summed E-state index contributed by atoms with van der Waals surface area (Å²) in [5.41, 5.74) is 1.20. The van der Waals surface area contributed by atoms with Crippen LogP contribution in [-0.4, -0.2) is 22.3 Å². The number of aromatic nitrogens is 2. The van der Waals surface area contributed by atoms with Gasteiger partial charge < -0.3 is 10.1 Å². The van der Waals surface area contributed by atoms with E-state index in [1.165, 1.54) is 16.8 Å². The summed E-state index contributed by atoms with van der Waals surface area (Å²) in [4.78, 5) is 12.1. The van der Waals surface area contributed by atoms with Crippen LogP contribution in [0.15, 0.2) is 30.3 Å². The van der Waals surface area contributed by atoms with Crippen LogP contribution in [0, 0.1) is 6.92 Å². The maximum Gasteiger partial charge on any atom is 0.387 e. The molecule has 0 aliphatic carbocycles. The van der Waals surface area contributed by atoms with Gasteiger partial charge in [-0.25, -0.2) is 0 Å². The summed E-state index contributed by atoms with van der Waals surface area (Å²) in [6, 6.07) is 7.60. The highest BCUT2D eigenvalue weighted by molar-refractivity contribution is 6.03. The number of rotatable bonds is 4. The van der Waals surface area contributed by atoms with Crippen LogP contribution >= 0.6 is 0 Å². The molecule has 7 heteroatoms. The molecule has 0 aliphatic heterocycles. The van der Waals surface area contributed by atoms with Crippen molar-refractivity contribution in [2.24, 2.45) is 7.05 Å². The standard InChI is InChI=1S/C13H13F2N3O2/c1-8-7-10(18(2)17-8)12(19)16-9-5-3-4-6-11(9)20-13(14)15/h3-7,13H,1-2H3,(H,16,19). The lowest BCUT2D eigenvalue weighted by molar-refractivity contribution is -0.0493. The average molecular weight is 281 g/mol. The Morgan fingerprint density at radius 3 is 2.70 bits per heavy atom. The number of aryl methyl sites for hydroxylation is 2. The molecular formula is C13H13F2N3O2. The van der Waals surface area contributed by atoms with Crippen molar-refractivity contribution in [1.29, 1.82) is 0 Å². The lowest BCUT2D eigenvalue weighted by atomic mass is 10.2. The van der Waals surface area contributed by atoms with Gasteiger partial charge in [0.2, 0.25) is 0 Å². The fourth-order valence-corrected chi connectivity index (χ4v) is 1.78. The SMILES string of the molecule is Cc1cc(C(=O)Nc2ccccc2OC(F)F)n(C)n1. The second kappa shape index (κ2) is 5.68. The summed E-state index contributed by atoms with van der Waals surface area (Å²) in [6.07, 6.45) is 0. The summed E-state index contributed by atoms with van der Waals surface area (Å²) in [6.45, 7) is -1.20. The Morgan fingerprint density at radius 2 is 2.10 bits per heavy atom. The molecule has 1 amide bonds. The van der Waals surface area contributed by atoms with Crippen LogP contribution in [0.5, 0.6) is 5.75 Å². The van der Waals surface area contributed by atoms with Crippen molar-refractivity contribution in [3.05, 3.63) is 41.7 Å². The van der Waals surface area contributed by atoms with Gasteiger partial charge >= 0.3 is 6.61 Å². The van der Waals surface area contributed by atoms with E-state index in [9.17, 15) is 13.6 Å². The Labute approximate surface area is 114 Å². The maximum absolute atomic E-state index is 12.3. The molecule has 0 fully saturated rings. The minimum Gasteiger partial charge on any atom is -0.433 e. The third kappa shape index (κ3) is 3.11. The monoisotopic (exact) mass is 281 g/mol. The number of anilines is 1. The van der Waals surface area contributed by atoms with Gasteiger partial charge in [0.05, 0.1) is 11.4 Å². The second-order valence-electron chi connectivity index (χ2n) is 4.12. The molecule has 0 radical (unpaired) electrons. The van der Waals surface area contributed by atoms with E-state index in [2.05, 4.69) is 15.2 Å². The first-order valence-corrected chi connectivity index (χ1v) is 5.83. The molecule has 0 unspecified atom stereocenters. The zero-order chi connectivity index (χ0) is 14.7.